The zero-order chi connectivity index (χ0) is 13.8. The first-order valence-corrected chi connectivity index (χ1v) is 6.03. The number of ether oxygens (including phenoxy) is 1. The highest BCUT2D eigenvalue weighted by molar-refractivity contribution is 5.84. The molecule has 1 aliphatic heterocycles. The van der Waals surface area contributed by atoms with Crippen molar-refractivity contribution >= 4 is 11.0 Å². The van der Waals surface area contributed by atoms with Crippen LogP contribution in [0.25, 0.3) is 11.0 Å². The van der Waals surface area contributed by atoms with Gasteiger partial charge in [0, 0.05) is 0 Å². The van der Waals surface area contributed by atoms with E-state index in [1.807, 2.05) is 0 Å². The molecule has 0 saturated carbocycles. The second-order valence-electron chi connectivity index (χ2n) is 5.22. The average molecular weight is 262 g/mol. The van der Waals surface area contributed by atoms with Crippen molar-refractivity contribution in [2.24, 2.45) is 0 Å². The van der Waals surface area contributed by atoms with Gasteiger partial charge in [0.1, 0.15) is 34.7 Å². The second kappa shape index (κ2) is 3.82. The molecule has 2 atom stereocenters. The Hall–Kier alpha value is -1.85. The van der Waals surface area contributed by atoms with Crippen LogP contribution in [0.15, 0.2) is 33.5 Å². The number of aliphatic hydroxyl groups excluding tert-OH is 2. The summed E-state index contributed by atoms with van der Waals surface area (Å²) in [6.07, 6.45) is -2.51. The molecule has 1 aromatic carbocycles. The number of hydrogen-bond donors (Lipinski definition) is 2. The normalized spacial score (nSPS) is 24.8. The van der Waals surface area contributed by atoms with Gasteiger partial charge in [0.2, 0.25) is 0 Å². The Kier molecular flexibility index (Phi) is 2.45. The molecule has 0 aliphatic carbocycles. The van der Waals surface area contributed by atoms with Crippen molar-refractivity contribution in [1.29, 1.82) is 0 Å². The predicted octanol–water partition coefficient (Wildman–Crippen LogP) is 1.36. The Balaban J connectivity index is 2.39. The highest BCUT2D eigenvalue weighted by Crippen LogP contribution is 2.41. The number of aliphatic hydroxyl groups is 2. The van der Waals surface area contributed by atoms with Crippen molar-refractivity contribution in [1.82, 2.24) is 0 Å². The van der Waals surface area contributed by atoms with Crippen molar-refractivity contribution in [3.63, 3.8) is 0 Å². The minimum Gasteiger partial charge on any atom is -0.484 e. The number of benzene rings is 1. The van der Waals surface area contributed by atoms with E-state index in [2.05, 4.69) is 0 Å². The lowest BCUT2D eigenvalue weighted by atomic mass is 9.88. The van der Waals surface area contributed by atoms with Gasteiger partial charge in [-0.05, 0) is 26.0 Å². The Morgan fingerprint density at radius 1 is 1.21 bits per heavy atom. The SMILES string of the molecule is CC1(C)Oc2c(c(=O)oc3ccccc23)[C@H](O)[C@H]1O. The molecule has 3 rings (SSSR count). The van der Waals surface area contributed by atoms with Crippen molar-refractivity contribution in [3.05, 3.63) is 40.2 Å². The standard InChI is InChI=1S/C14H14O5/c1-14(2)12(16)10(15)9-11(19-14)7-5-3-4-6-8(7)18-13(9)17/h3-6,10,12,15-16H,1-2H3/t10-,12+/m0/s1. The van der Waals surface area contributed by atoms with Crippen LogP contribution >= 0.6 is 0 Å². The van der Waals surface area contributed by atoms with E-state index in [9.17, 15) is 15.0 Å². The molecule has 1 aliphatic rings. The van der Waals surface area contributed by atoms with Gasteiger partial charge in [0.15, 0.2) is 0 Å². The molecule has 0 amide bonds. The quantitative estimate of drug-likeness (QED) is 0.701. The van der Waals surface area contributed by atoms with Crippen LogP contribution in [0.4, 0.5) is 0 Å². The summed E-state index contributed by atoms with van der Waals surface area (Å²) >= 11 is 0. The van der Waals surface area contributed by atoms with Crippen LogP contribution in [-0.2, 0) is 0 Å². The molecule has 0 fully saturated rings. The summed E-state index contributed by atoms with van der Waals surface area (Å²) in [4.78, 5) is 11.9. The molecular formula is C14H14O5. The van der Waals surface area contributed by atoms with Gasteiger partial charge in [0.05, 0.1) is 5.39 Å². The topological polar surface area (TPSA) is 79.9 Å². The lowest BCUT2D eigenvalue weighted by Crippen LogP contribution is -2.50. The van der Waals surface area contributed by atoms with Crippen molar-refractivity contribution in [3.8, 4) is 5.75 Å². The molecule has 5 heteroatoms. The second-order valence-corrected chi connectivity index (χ2v) is 5.22. The molecule has 100 valence electrons. The maximum Gasteiger partial charge on any atom is 0.346 e. The zero-order valence-corrected chi connectivity index (χ0v) is 10.6. The van der Waals surface area contributed by atoms with Gasteiger partial charge in [-0.2, -0.15) is 0 Å². The summed E-state index contributed by atoms with van der Waals surface area (Å²) in [5.41, 5.74) is -1.30. The molecule has 2 heterocycles. The van der Waals surface area contributed by atoms with Gasteiger partial charge in [-0.15, -0.1) is 0 Å². The van der Waals surface area contributed by atoms with E-state index in [1.54, 1.807) is 38.1 Å². The first-order valence-electron chi connectivity index (χ1n) is 6.03. The van der Waals surface area contributed by atoms with E-state index < -0.39 is 23.4 Å². The maximum atomic E-state index is 11.9. The van der Waals surface area contributed by atoms with Crippen molar-refractivity contribution in [2.75, 3.05) is 0 Å². The zero-order valence-electron chi connectivity index (χ0n) is 10.6. The van der Waals surface area contributed by atoms with E-state index in [0.29, 0.717) is 11.0 Å². The monoisotopic (exact) mass is 262 g/mol. The molecule has 19 heavy (non-hydrogen) atoms. The molecule has 1 aromatic heterocycles. The first-order chi connectivity index (χ1) is 8.92. The molecule has 0 radical (unpaired) electrons. The average Bonchev–Trinajstić information content (AvgIpc) is 2.35. The minimum atomic E-state index is -1.32. The third-order valence-corrected chi connectivity index (χ3v) is 3.47. The Bertz CT molecular complexity index is 701. The fraction of sp³-hybridized carbons (Fsp3) is 0.357. The number of hydrogen-bond acceptors (Lipinski definition) is 5. The molecule has 0 saturated heterocycles. The molecule has 5 nitrogen and oxygen atoms in total. The Labute approximate surface area is 109 Å². The molecule has 0 spiro atoms. The molecule has 0 unspecified atom stereocenters. The smallest absolute Gasteiger partial charge is 0.346 e. The summed E-state index contributed by atoms with van der Waals surface area (Å²) in [6.45, 7) is 3.32. The Morgan fingerprint density at radius 2 is 1.89 bits per heavy atom. The Morgan fingerprint density at radius 3 is 2.63 bits per heavy atom. The van der Waals surface area contributed by atoms with E-state index in [1.165, 1.54) is 0 Å². The van der Waals surface area contributed by atoms with Gasteiger partial charge in [-0.3, -0.25) is 0 Å². The van der Waals surface area contributed by atoms with Gasteiger partial charge in [-0.1, -0.05) is 12.1 Å². The molecule has 2 N–H and O–H groups in total. The van der Waals surface area contributed by atoms with E-state index in [4.69, 9.17) is 9.15 Å². The fourth-order valence-corrected chi connectivity index (χ4v) is 2.36. The van der Waals surface area contributed by atoms with Crippen molar-refractivity contribution in [2.45, 2.75) is 31.7 Å². The van der Waals surface area contributed by atoms with Crippen LogP contribution < -0.4 is 10.4 Å². The van der Waals surface area contributed by atoms with Crippen LogP contribution in [-0.4, -0.2) is 21.9 Å². The van der Waals surface area contributed by atoms with Gasteiger partial charge in [0.25, 0.3) is 0 Å². The fourth-order valence-electron chi connectivity index (χ4n) is 2.36. The van der Waals surface area contributed by atoms with Gasteiger partial charge < -0.3 is 19.4 Å². The maximum absolute atomic E-state index is 11.9. The summed E-state index contributed by atoms with van der Waals surface area (Å²) < 4.78 is 10.9. The summed E-state index contributed by atoms with van der Waals surface area (Å²) in [7, 11) is 0. The van der Waals surface area contributed by atoms with Gasteiger partial charge >= 0.3 is 5.63 Å². The predicted molar refractivity (Wildman–Crippen MR) is 68.2 cm³/mol. The van der Waals surface area contributed by atoms with Crippen LogP contribution in [0, 0.1) is 0 Å². The largest absolute Gasteiger partial charge is 0.484 e. The summed E-state index contributed by atoms with van der Waals surface area (Å²) in [5.74, 6) is 0.287. The third-order valence-electron chi connectivity index (χ3n) is 3.47. The lowest BCUT2D eigenvalue weighted by molar-refractivity contribution is -0.112. The van der Waals surface area contributed by atoms with Crippen LogP contribution in [0.1, 0.15) is 25.5 Å². The highest BCUT2D eigenvalue weighted by Gasteiger charge is 2.44. The molecular weight excluding hydrogens is 248 g/mol. The number of fused-ring (bicyclic) bond motifs is 3. The van der Waals surface area contributed by atoms with E-state index in [0.717, 1.165) is 0 Å². The minimum absolute atomic E-state index is 0.0227. The summed E-state index contributed by atoms with van der Waals surface area (Å²) in [6, 6.07) is 6.94. The van der Waals surface area contributed by atoms with Crippen LogP contribution in [0.2, 0.25) is 0 Å². The highest BCUT2D eigenvalue weighted by atomic mass is 16.5. The third kappa shape index (κ3) is 1.66. The van der Waals surface area contributed by atoms with Crippen molar-refractivity contribution < 1.29 is 19.4 Å². The molecule has 2 aromatic rings. The van der Waals surface area contributed by atoms with E-state index in [-0.39, 0.29) is 11.3 Å². The summed E-state index contributed by atoms with van der Waals surface area (Å²) in [5, 5.41) is 20.7. The van der Waals surface area contributed by atoms with Crippen LogP contribution in [0.3, 0.4) is 0 Å². The molecule has 0 bridgehead atoms. The number of para-hydroxylation sites is 1. The first kappa shape index (κ1) is 12.2. The lowest BCUT2D eigenvalue weighted by Gasteiger charge is -2.39. The van der Waals surface area contributed by atoms with E-state index >= 15 is 0 Å². The van der Waals surface area contributed by atoms with Crippen LogP contribution in [0.5, 0.6) is 5.75 Å². The number of rotatable bonds is 0. The van der Waals surface area contributed by atoms with Gasteiger partial charge in [-0.25, -0.2) is 4.79 Å².